The van der Waals surface area contributed by atoms with E-state index in [9.17, 15) is 0 Å². The van der Waals surface area contributed by atoms with Crippen LogP contribution in [0.25, 0.3) is 6.08 Å². The molecule has 0 aromatic heterocycles. The first-order valence-corrected chi connectivity index (χ1v) is 3.21. The van der Waals surface area contributed by atoms with Crippen LogP contribution in [0.5, 0.6) is 0 Å². The zero-order valence-electron chi connectivity index (χ0n) is 5.17. The molecule has 1 aliphatic carbocycles. The van der Waals surface area contributed by atoms with E-state index >= 15 is 0 Å². The van der Waals surface area contributed by atoms with Crippen molar-refractivity contribution in [1.82, 2.24) is 0 Å². The van der Waals surface area contributed by atoms with E-state index in [2.05, 4.69) is 36.4 Å². The van der Waals surface area contributed by atoms with Gasteiger partial charge in [-0.15, -0.1) is 0 Å². The fraction of sp³-hybridized carbons (Fsp3) is 0.111. The largest absolute Gasteiger partial charge is 0.0795 e. The Morgan fingerprint density at radius 1 is 1.10 bits per heavy atom. The van der Waals surface area contributed by atoms with E-state index in [0.717, 1.165) is 6.42 Å². The lowest BCUT2D eigenvalue weighted by molar-refractivity contribution is 1.31. The quantitative estimate of drug-likeness (QED) is 0.478. The van der Waals surface area contributed by atoms with Crippen LogP contribution in [-0.2, 0) is 6.42 Å². The van der Waals surface area contributed by atoms with Crippen molar-refractivity contribution in [3.8, 4) is 0 Å². The third-order valence-electron chi connectivity index (χ3n) is 1.69. The molecule has 0 saturated heterocycles. The van der Waals surface area contributed by atoms with Gasteiger partial charge in [0.2, 0.25) is 0 Å². The Hall–Kier alpha value is -0.823. The highest BCUT2D eigenvalue weighted by Gasteiger charge is 2.00. The molecule has 0 spiro atoms. The lowest BCUT2D eigenvalue weighted by atomic mass is 10.1. The first-order valence-electron chi connectivity index (χ1n) is 3.21. The molecule has 0 aliphatic heterocycles. The van der Waals surface area contributed by atoms with Gasteiger partial charge < -0.3 is 0 Å². The van der Waals surface area contributed by atoms with E-state index in [1.165, 1.54) is 11.1 Å². The smallest absolute Gasteiger partial charge is 0.00882 e. The van der Waals surface area contributed by atoms with Gasteiger partial charge in [0.15, 0.2) is 0 Å². The predicted molar refractivity (Wildman–Crippen MR) is 50.5 cm³/mol. The molecule has 0 fully saturated rings. The maximum absolute atomic E-state index is 2.20. The van der Waals surface area contributed by atoms with E-state index in [4.69, 9.17) is 0 Å². The lowest BCUT2D eigenvalue weighted by Gasteiger charge is -1.93. The van der Waals surface area contributed by atoms with Crippen molar-refractivity contribution in [3.05, 3.63) is 41.5 Å². The Balaban J connectivity index is 0.000000500. The standard InChI is InChI=1S/C9H8.H4Si/c1-2-5-9-7-3-6-8(9)4-1;/h1-6H,7H2;1H4. The predicted octanol–water partition coefficient (Wildman–Crippen LogP) is 0.804. The van der Waals surface area contributed by atoms with Gasteiger partial charge in [0.25, 0.3) is 0 Å². The van der Waals surface area contributed by atoms with Crippen LogP contribution in [0, 0.1) is 0 Å². The van der Waals surface area contributed by atoms with Crippen LogP contribution in [0.2, 0.25) is 0 Å². The van der Waals surface area contributed by atoms with Gasteiger partial charge in [-0.3, -0.25) is 0 Å². The molecule has 0 saturated carbocycles. The summed E-state index contributed by atoms with van der Waals surface area (Å²) in [5.41, 5.74) is 2.84. The molecule has 52 valence electrons. The highest BCUT2D eigenvalue weighted by Crippen LogP contribution is 2.17. The van der Waals surface area contributed by atoms with Crippen molar-refractivity contribution in [2.45, 2.75) is 6.42 Å². The van der Waals surface area contributed by atoms with Gasteiger partial charge in [-0.05, 0) is 28.5 Å². The van der Waals surface area contributed by atoms with E-state index in [1.807, 2.05) is 0 Å². The fourth-order valence-electron chi connectivity index (χ4n) is 1.20. The molecule has 1 aliphatic rings. The minimum absolute atomic E-state index is 0. The topological polar surface area (TPSA) is 0 Å². The average Bonchev–Trinajstić information content (AvgIpc) is 2.33. The van der Waals surface area contributed by atoms with E-state index in [1.54, 1.807) is 0 Å². The molecule has 0 N–H and O–H groups in total. The SMILES string of the molecule is C1=Cc2ccccc2C1.[SiH4]. The van der Waals surface area contributed by atoms with E-state index in [0.29, 0.717) is 0 Å². The second kappa shape index (κ2) is 2.84. The molecule has 1 heteroatoms. The first kappa shape index (κ1) is 7.29. The minimum Gasteiger partial charge on any atom is -0.0795 e. The number of hydrogen-bond donors (Lipinski definition) is 0. The summed E-state index contributed by atoms with van der Waals surface area (Å²) < 4.78 is 0. The van der Waals surface area contributed by atoms with Crippen molar-refractivity contribution in [3.63, 3.8) is 0 Å². The first-order chi connectivity index (χ1) is 4.47. The normalized spacial score (nSPS) is 12.4. The molecule has 0 bridgehead atoms. The molecule has 0 atom stereocenters. The van der Waals surface area contributed by atoms with Crippen molar-refractivity contribution in [2.75, 3.05) is 0 Å². The number of fused-ring (bicyclic) bond motifs is 1. The molecule has 1 aromatic rings. The summed E-state index contributed by atoms with van der Waals surface area (Å²) in [6.07, 6.45) is 5.50. The van der Waals surface area contributed by atoms with Crippen LogP contribution in [0.3, 0.4) is 0 Å². The Labute approximate surface area is 65.6 Å². The van der Waals surface area contributed by atoms with Crippen LogP contribution in [0.1, 0.15) is 11.1 Å². The van der Waals surface area contributed by atoms with Crippen LogP contribution in [-0.4, -0.2) is 11.0 Å². The lowest BCUT2D eigenvalue weighted by Crippen LogP contribution is -1.76. The Kier molecular flexibility index (Phi) is 2.07. The number of benzene rings is 1. The zero-order valence-corrected chi connectivity index (χ0v) is 5.17. The molecule has 0 amide bonds. The molecular formula is C9H12Si. The molecule has 0 unspecified atom stereocenters. The number of hydrogen-bond acceptors (Lipinski definition) is 0. The zero-order chi connectivity index (χ0) is 6.10. The second-order valence-electron chi connectivity index (χ2n) is 2.31. The third kappa shape index (κ3) is 1.05. The van der Waals surface area contributed by atoms with Gasteiger partial charge in [-0.1, -0.05) is 36.4 Å². The summed E-state index contributed by atoms with van der Waals surface area (Å²) in [6.45, 7) is 0. The minimum atomic E-state index is 0. The van der Waals surface area contributed by atoms with Crippen molar-refractivity contribution < 1.29 is 0 Å². The third-order valence-corrected chi connectivity index (χ3v) is 1.69. The van der Waals surface area contributed by atoms with Gasteiger partial charge in [0.05, 0.1) is 0 Å². The summed E-state index contributed by atoms with van der Waals surface area (Å²) in [6, 6.07) is 8.49. The van der Waals surface area contributed by atoms with Gasteiger partial charge in [0.1, 0.15) is 0 Å². The van der Waals surface area contributed by atoms with Crippen molar-refractivity contribution in [1.29, 1.82) is 0 Å². The summed E-state index contributed by atoms with van der Waals surface area (Å²) in [4.78, 5) is 0. The van der Waals surface area contributed by atoms with Gasteiger partial charge in [-0.25, -0.2) is 0 Å². The Bertz CT molecular complexity index is 251. The highest BCUT2D eigenvalue weighted by molar-refractivity contribution is 5.75. The van der Waals surface area contributed by atoms with Gasteiger partial charge in [-0.2, -0.15) is 0 Å². The summed E-state index contributed by atoms with van der Waals surface area (Å²) in [5, 5.41) is 0. The molecule has 0 radical (unpaired) electrons. The van der Waals surface area contributed by atoms with Crippen LogP contribution >= 0.6 is 0 Å². The van der Waals surface area contributed by atoms with Gasteiger partial charge in [0, 0.05) is 0 Å². The maximum atomic E-state index is 2.20. The Morgan fingerprint density at radius 3 is 2.70 bits per heavy atom. The van der Waals surface area contributed by atoms with E-state index in [-0.39, 0.29) is 11.0 Å². The van der Waals surface area contributed by atoms with Crippen LogP contribution < -0.4 is 0 Å². The number of rotatable bonds is 0. The molecule has 1 aromatic carbocycles. The second-order valence-corrected chi connectivity index (χ2v) is 2.31. The van der Waals surface area contributed by atoms with Crippen molar-refractivity contribution >= 4 is 17.0 Å². The van der Waals surface area contributed by atoms with E-state index < -0.39 is 0 Å². The number of allylic oxidation sites excluding steroid dienone is 1. The summed E-state index contributed by atoms with van der Waals surface area (Å²) in [7, 11) is 0. The molecular weight excluding hydrogens is 136 g/mol. The average molecular weight is 148 g/mol. The summed E-state index contributed by atoms with van der Waals surface area (Å²) >= 11 is 0. The summed E-state index contributed by atoms with van der Waals surface area (Å²) in [5.74, 6) is 0. The molecule has 0 heterocycles. The van der Waals surface area contributed by atoms with Crippen LogP contribution in [0.4, 0.5) is 0 Å². The fourth-order valence-corrected chi connectivity index (χ4v) is 1.20. The highest BCUT2D eigenvalue weighted by atomic mass is 28.1. The molecule has 0 nitrogen and oxygen atoms in total. The van der Waals surface area contributed by atoms with Gasteiger partial charge >= 0.3 is 0 Å². The molecule has 10 heavy (non-hydrogen) atoms. The van der Waals surface area contributed by atoms with Crippen LogP contribution in [0.15, 0.2) is 30.3 Å². The Morgan fingerprint density at radius 2 is 1.90 bits per heavy atom. The molecule has 2 rings (SSSR count). The van der Waals surface area contributed by atoms with Crippen molar-refractivity contribution in [2.24, 2.45) is 0 Å². The maximum Gasteiger partial charge on any atom is -0.00882 e. The monoisotopic (exact) mass is 148 g/mol.